The molecule has 2 rings (SSSR count). The Balaban J connectivity index is 0.000000531. The lowest BCUT2D eigenvalue weighted by Gasteiger charge is -1.95. The van der Waals surface area contributed by atoms with Gasteiger partial charge in [0.2, 0.25) is 0 Å². The second-order valence-corrected chi connectivity index (χ2v) is 3.27. The number of nitrogens with zero attached hydrogens (tertiary/aromatic N) is 2. The lowest BCUT2D eigenvalue weighted by Crippen LogP contribution is -2.18. The highest BCUT2D eigenvalue weighted by molar-refractivity contribution is 5.79. The van der Waals surface area contributed by atoms with Crippen LogP contribution in [0.1, 0.15) is 25.1 Å². The quantitative estimate of drug-likeness (QED) is 0.717. The van der Waals surface area contributed by atoms with Crippen LogP contribution in [0.4, 0.5) is 0 Å². The van der Waals surface area contributed by atoms with Gasteiger partial charge in [-0.05, 0) is 19.4 Å². The predicted octanol–water partition coefficient (Wildman–Crippen LogP) is 1.90. The van der Waals surface area contributed by atoms with Gasteiger partial charge in [-0.25, -0.2) is 4.79 Å². The minimum absolute atomic E-state index is 0.228. The summed E-state index contributed by atoms with van der Waals surface area (Å²) >= 11 is 0. The van der Waals surface area contributed by atoms with Gasteiger partial charge in [-0.1, -0.05) is 13.8 Å². The summed E-state index contributed by atoms with van der Waals surface area (Å²) in [5.74, 6) is 0. The minimum Gasteiger partial charge on any atom is -0.343 e. The third kappa shape index (κ3) is 1.93. The van der Waals surface area contributed by atoms with Gasteiger partial charge in [0, 0.05) is 24.3 Å². The van der Waals surface area contributed by atoms with Crippen molar-refractivity contribution in [3.8, 4) is 0 Å². The van der Waals surface area contributed by atoms with Crippen molar-refractivity contribution < 1.29 is 0 Å². The first kappa shape index (κ1) is 11.5. The molecule has 0 unspecified atom stereocenters. The van der Waals surface area contributed by atoms with Gasteiger partial charge in [-0.15, -0.1) is 0 Å². The smallest absolute Gasteiger partial charge is 0.343 e. The van der Waals surface area contributed by atoms with Crippen LogP contribution in [0.3, 0.4) is 0 Å². The maximum absolute atomic E-state index is 11.2. The molecule has 0 saturated heterocycles. The Morgan fingerprint density at radius 3 is 2.53 bits per heavy atom. The Kier molecular flexibility index (Phi) is 3.29. The standard InChI is InChI=1S/C9H11N3O.C2H6/c1-5-6(2)10-8-7(5)4-12(3)9(13)11-8;1-2/h4H,1-3H3,(H,10,11,13);1-2H3. The highest BCUT2D eigenvalue weighted by Crippen LogP contribution is 2.16. The van der Waals surface area contributed by atoms with Gasteiger partial charge in [-0.2, -0.15) is 4.98 Å². The fourth-order valence-corrected chi connectivity index (χ4v) is 1.39. The normalized spacial score (nSPS) is 9.93. The zero-order valence-corrected chi connectivity index (χ0v) is 9.88. The van der Waals surface area contributed by atoms with E-state index in [9.17, 15) is 4.79 Å². The summed E-state index contributed by atoms with van der Waals surface area (Å²) in [6.45, 7) is 7.99. The van der Waals surface area contributed by atoms with Crippen LogP contribution in [0.15, 0.2) is 11.0 Å². The minimum atomic E-state index is -0.228. The molecule has 1 N–H and O–H groups in total. The van der Waals surface area contributed by atoms with E-state index in [2.05, 4.69) is 9.97 Å². The van der Waals surface area contributed by atoms with E-state index in [1.807, 2.05) is 33.9 Å². The first-order valence-corrected chi connectivity index (χ1v) is 5.12. The molecule has 0 fully saturated rings. The molecule has 0 radical (unpaired) electrons. The number of aromatic amines is 1. The van der Waals surface area contributed by atoms with E-state index in [0.29, 0.717) is 5.65 Å². The summed E-state index contributed by atoms with van der Waals surface area (Å²) in [6.07, 6.45) is 1.81. The van der Waals surface area contributed by atoms with Gasteiger partial charge in [0.15, 0.2) is 0 Å². The van der Waals surface area contributed by atoms with Crippen molar-refractivity contribution in [1.82, 2.24) is 14.5 Å². The molecular formula is C11H17N3O. The van der Waals surface area contributed by atoms with Crippen LogP contribution < -0.4 is 5.69 Å². The number of rotatable bonds is 0. The molecule has 0 aliphatic rings. The summed E-state index contributed by atoms with van der Waals surface area (Å²) in [5.41, 5.74) is 2.66. The van der Waals surface area contributed by atoms with Crippen molar-refractivity contribution in [1.29, 1.82) is 0 Å². The lowest BCUT2D eigenvalue weighted by molar-refractivity contribution is 0.825. The molecule has 0 amide bonds. The molecule has 0 aliphatic heterocycles. The molecule has 82 valence electrons. The van der Waals surface area contributed by atoms with Crippen LogP contribution in [0.2, 0.25) is 0 Å². The molecular weight excluding hydrogens is 190 g/mol. The molecule has 2 aromatic heterocycles. The van der Waals surface area contributed by atoms with E-state index < -0.39 is 0 Å². The van der Waals surface area contributed by atoms with Crippen molar-refractivity contribution in [3.63, 3.8) is 0 Å². The molecule has 0 spiro atoms. The van der Waals surface area contributed by atoms with Gasteiger partial charge < -0.3 is 9.55 Å². The zero-order chi connectivity index (χ0) is 11.6. The average molecular weight is 207 g/mol. The first-order valence-electron chi connectivity index (χ1n) is 5.12. The molecule has 15 heavy (non-hydrogen) atoms. The molecule has 0 bridgehead atoms. The number of aryl methyl sites for hydroxylation is 3. The fraction of sp³-hybridized carbons (Fsp3) is 0.455. The maximum Gasteiger partial charge on any atom is 0.349 e. The van der Waals surface area contributed by atoms with Crippen LogP contribution in [0.5, 0.6) is 0 Å². The molecule has 0 atom stereocenters. The molecule has 0 saturated carbocycles. The fourth-order valence-electron chi connectivity index (χ4n) is 1.39. The number of aromatic nitrogens is 3. The summed E-state index contributed by atoms with van der Waals surface area (Å²) in [5, 5.41) is 1.01. The van der Waals surface area contributed by atoms with Crippen molar-refractivity contribution in [2.24, 2.45) is 7.05 Å². The van der Waals surface area contributed by atoms with Gasteiger partial charge >= 0.3 is 5.69 Å². The van der Waals surface area contributed by atoms with E-state index in [4.69, 9.17) is 0 Å². The molecule has 4 heteroatoms. The molecule has 0 aromatic carbocycles. The third-order valence-corrected chi connectivity index (χ3v) is 2.36. The Hall–Kier alpha value is -1.58. The number of hydrogen-bond donors (Lipinski definition) is 1. The average Bonchev–Trinajstić information content (AvgIpc) is 2.49. The highest BCUT2D eigenvalue weighted by atomic mass is 16.1. The maximum atomic E-state index is 11.2. The largest absolute Gasteiger partial charge is 0.349 e. The van der Waals surface area contributed by atoms with E-state index in [1.165, 1.54) is 4.57 Å². The number of hydrogen-bond acceptors (Lipinski definition) is 2. The number of fused-ring (bicyclic) bond motifs is 1. The van der Waals surface area contributed by atoms with Crippen molar-refractivity contribution >= 4 is 11.0 Å². The van der Waals surface area contributed by atoms with Crippen molar-refractivity contribution in [2.75, 3.05) is 0 Å². The molecule has 2 aromatic rings. The van der Waals surface area contributed by atoms with Gasteiger partial charge in [0.05, 0.1) is 0 Å². The Labute approximate surface area is 89.0 Å². The predicted molar refractivity (Wildman–Crippen MR) is 62.2 cm³/mol. The van der Waals surface area contributed by atoms with Crippen LogP contribution in [-0.4, -0.2) is 14.5 Å². The Morgan fingerprint density at radius 1 is 1.33 bits per heavy atom. The van der Waals surface area contributed by atoms with Crippen LogP contribution in [0.25, 0.3) is 11.0 Å². The van der Waals surface area contributed by atoms with Crippen LogP contribution in [-0.2, 0) is 7.05 Å². The topological polar surface area (TPSA) is 50.7 Å². The third-order valence-electron chi connectivity index (χ3n) is 2.36. The summed E-state index contributed by atoms with van der Waals surface area (Å²) in [4.78, 5) is 18.2. The summed E-state index contributed by atoms with van der Waals surface area (Å²) in [7, 11) is 1.70. The van der Waals surface area contributed by atoms with E-state index >= 15 is 0 Å². The van der Waals surface area contributed by atoms with Crippen molar-refractivity contribution in [2.45, 2.75) is 27.7 Å². The van der Waals surface area contributed by atoms with E-state index in [-0.39, 0.29) is 5.69 Å². The van der Waals surface area contributed by atoms with E-state index in [1.54, 1.807) is 7.05 Å². The molecule has 2 heterocycles. The van der Waals surface area contributed by atoms with Crippen molar-refractivity contribution in [3.05, 3.63) is 27.9 Å². The number of H-pyrrole nitrogens is 1. The van der Waals surface area contributed by atoms with Crippen LogP contribution in [0, 0.1) is 13.8 Å². The first-order chi connectivity index (χ1) is 7.09. The van der Waals surface area contributed by atoms with Crippen LogP contribution >= 0.6 is 0 Å². The Bertz CT molecular complexity index is 522. The molecule has 0 aliphatic carbocycles. The zero-order valence-electron chi connectivity index (χ0n) is 9.88. The lowest BCUT2D eigenvalue weighted by atomic mass is 10.2. The molecule has 4 nitrogen and oxygen atoms in total. The van der Waals surface area contributed by atoms with Gasteiger partial charge in [0.25, 0.3) is 0 Å². The second kappa shape index (κ2) is 4.29. The summed E-state index contributed by atoms with van der Waals surface area (Å²) < 4.78 is 1.49. The number of nitrogens with one attached hydrogen (secondary N) is 1. The second-order valence-electron chi connectivity index (χ2n) is 3.27. The van der Waals surface area contributed by atoms with Gasteiger partial charge in [-0.3, -0.25) is 0 Å². The SMILES string of the molecule is CC.Cc1[nH]c2nc(=O)n(C)cc2c1C. The monoisotopic (exact) mass is 207 g/mol. The van der Waals surface area contributed by atoms with Gasteiger partial charge in [0.1, 0.15) is 5.65 Å². The van der Waals surface area contributed by atoms with E-state index in [0.717, 1.165) is 16.6 Å². The summed E-state index contributed by atoms with van der Waals surface area (Å²) in [6, 6.07) is 0. The Morgan fingerprint density at radius 2 is 1.93 bits per heavy atom. The highest BCUT2D eigenvalue weighted by Gasteiger charge is 2.06.